The fourth-order valence-corrected chi connectivity index (χ4v) is 2.69. The number of pyridine rings is 1. The number of hydrogen-bond acceptors (Lipinski definition) is 4. The lowest BCUT2D eigenvalue weighted by Gasteiger charge is -2.09. The molecule has 2 aromatic carbocycles. The van der Waals surface area contributed by atoms with Gasteiger partial charge in [0.25, 0.3) is 0 Å². The lowest BCUT2D eigenvalue weighted by atomic mass is 10.1. The first-order valence-electron chi connectivity index (χ1n) is 8.27. The molecule has 2 aromatic heterocycles. The van der Waals surface area contributed by atoms with E-state index in [0.717, 1.165) is 28.8 Å². The van der Waals surface area contributed by atoms with Crippen LogP contribution in [0.2, 0.25) is 0 Å². The van der Waals surface area contributed by atoms with E-state index in [9.17, 15) is 0 Å². The van der Waals surface area contributed by atoms with Crippen molar-refractivity contribution in [2.75, 3.05) is 0 Å². The second-order valence-electron chi connectivity index (χ2n) is 5.72. The topological polar surface area (TPSA) is 47.9 Å². The van der Waals surface area contributed by atoms with Crippen molar-refractivity contribution in [2.24, 2.45) is 0 Å². The fourth-order valence-electron chi connectivity index (χ4n) is 2.69. The van der Waals surface area contributed by atoms with Crippen molar-refractivity contribution >= 4 is 10.8 Å². The molecule has 2 heterocycles. The van der Waals surface area contributed by atoms with Crippen LogP contribution in [0.25, 0.3) is 22.2 Å². The summed E-state index contributed by atoms with van der Waals surface area (Å²) in [6.07, 6.45) is 4.29. The van der Waals surface area contributed by atoms with Crippen LogP contribution < -0.4 is 4.74 Å². The molecule has 0 unspecified atom stereocenters. The third kappa shape index (κ3) is 3.33. The van der Waals surface area contributed by atoms with Gasteiger partial charge < -0.3 is 4.74 Å². The van der Waals surface area contributed by atoms with E-state index in [-0.39, 0.29) is 0 Å². The van der Waals surface area contributed by atoms with Crippen LogP contribution in [0.4, 0.5) is 0 Å². The molecule has 0 aliphatic carbocycles. The predicted molar refractivity (Wildman–Crippen MR) is 98.7 cm³/mol. The van der Waals surface area contributed by atoms with E-state index in [1.54, 1.807) is 12.4 Å². The highest BCUT2D eigenvalue weighted by Crippen LogP contribution is 2.26. The van der Waals surface area contributed by atoms with E-state index in [4.69, 9.17) is 4.74 Å². The second kappa shape index (κ2) is 6.69. The van der Waals surface area contributed by atoms with Crippen molar-refractivity contribution in [3.8, 4) is 23.0 Å². The van der Waals surface area contributed by atoms with Gasteiger partial charge in [0.05, 0.1) is 0 Å². The molecule has 0 saturated heterocycles. The van der Waals surface area contributed by atoms with E-state index in [1.807, 2.05) is 42.5 Å². The third-order valence-corrected chi connectivity index (χ3v) is 4.00. The Morgan fingerprint density at radius 3 is 2.44 bits per heavy atom. The zero-order valence-electron chi connectivity index (χ0n) is 13.9. The molecule has 0 aliphatic rings. The minimum atomic E-state index is 0.550. The van der Waals surface area contributed by atoms with E-state index >= 15 is 0 Å². The Morgan fingerprint density at radius 2 is 1.64 bits per heavy atom. The third-order valence-electron chi connectivity index (χ3n) is 4.00. The number of hydrogen-bond donors (Lipinski definition) is 0. The van der Waals surface area contributed by atoms with Crippen LogP contribution in [0.1, 0.15) is 12.6 Å². The Labute approximate surface area is 146 Å². The van der Waals surface area contributed by atoms with Gasteiger partial charge in [0.2, 0.25) is 5.88 Å². The maximum Gasteiger partial charge on any atom is 0.223 e. The van der Waals surface area contributed by atoms with Gasteiger partial charge in [0.1, 0.15) is 5.75 Å². The van der Waals surface area contributed by atoms with Gasteiger partial charge in [-0.25, -0.2) is 4.98 Å². The summed E-state index contributed by atoms with van der Waals surface area (Å²) < 4.78 is 6.02. The molecule has 4 nitrogen and oxygen atoms in total. The summed E-state index contributed by atoms with van der Waals surface area (Å²) in [7, 11) is 0. The van der Waals surface area contributed by atoms with Gasteiger partial charge in [-0.1, -0.05) is 37.3 Å². The molecule has 4 rings (SSSR count). The molecule has 122 valence electrons. The molecule has 0 atom stereocenters. The van der Waals surface area contributed by atoms with Crippen LogP contribution in [0, 0.1) is 0 Å². The zero-order chi connectivity index (χ0) is 17.1. The molecule has 0 spiro atoms. The van der Waals surface area contributed by atoms with Gasteiger partial charge in [-0.05, 0) is 41.5 Å². The SMILES string of the molecule is CCc1cc(Oc2ccc3ccccc3c2)nc(-c2ccncc2)n1. The van der Waals surface area contributed by atoms with Crippen molar-refractivity contribution < 1.29 is 4.74 Å². The Kier molecular flexibility index (Phi) is 4.09. The normalized spacial score (nSPS) is 10.8. The van der Waals surface area contributed by atoms with Crippen molar-refractivity contribution in [1.82, 2.24) is 15.0 Å². The lowest BCUT2D eigenvalue weighted by Crippen LogP contribution is -1.98. The highest BCUT2D eigenvalue weighted by molar-refractivity contribution is 5.83. The standard InChI is InChI=1S/C21H17N3O/c1-2-18-14-20(24-21(23-18)16-9-11-22-12-10-16)25-19-8-7-15-5-3-4-6-17(15)13-19/h3-14H,2H2,1H3. The molecule has 0 aliphatic heterocycles. The first-order valence-corrected chi connectivity index (χ1v) is 8.27. The quantitative estimate of drug-likeness (QED) is 0.526. The molecular weight excluding hydrogens is 310 g/mol. The van der Waals surface area contributed by atoms with Crippen LogP contribution >= 0.6 is 0 Å². The average Bonchev–Trinajstić information content (AvgIpc) is 2.68. The van der Waals surface area contributed by atoms with E-state index in [0.29, 0.717) is 11.7 Å². The number of benzene rings is 2. The van der Waals surface area contributed by atoms with Crippen LogP contribution in [0.3, 0.4) is 0 Å². The van der Waals surface area contributed by atoms with Gasteiger partial charge in [-0.3, -0.25) is 4.98 Å². The average molecular weight is 327 g/mol. The minimum absolute atomic E-state index is 0.550. The first kappa shape index (κ1) is 15.3. The van der Waals surface area contributed by atoms with Crippen LogP contribution in [-0.4, -0.2) is 15.0 Å². The molecule has 0 radical (unpaired) electrons. The Morgan fingerprint density at radius 1 is 0.840 bits per heavy atom. The second-order valence-corrected chi connectivity index (χ2v) is 5.72. The van der Waals surface area contributed by atoms with Gasteiger partial charge in [-0.15, -0.1) is 0 Å². The van der Waals surface area contributed by atoms with E-state index in [1.165, 1.54) is 5.39 Å². The summed E-state index contributed by atoms with van der Waals surface area (Å²) in [5, 5.41) is 2.32. The molecule has 4 aromatic rings. The van der Waals surface area contributed by atoms with Crippen molar-refractivity contribution in [2.45, 2.75) is 13.3 Å². The zero-order valence-corrected chi connectivity index (χ0v) is 13.9. The summed E-state index contributed by atoms with van der Waals surface area (Å²) >= 11 is 0. The number of fused-ring (bicyclic) bond motifs is 1. The minimum Gasteiger partial charge on any atom is -0.439 e. The Balaban J connectivity index is 1.71. The summed E-state index contributed by atoms with van der Waals surface area (Å²) in [4.78, 5) is 13.2. The Hall–Kier alpha value is -3.27. The maximum absolute atomic E-state index is 6.02. The highest BCUT2D eigenvalue weighted by atomic mass is 16.5. The molecule has 4 heteroatoms. The smallest absolute Gasteiger partial charge is 0.223 e. The Bertz CT molecular complexity index is 1020. The van der Waals surface area contributed by atoms with E-state index < -0.39 is 0 Å². The van der Waals surface area contributed by atoms with E-state index in [2.05, 4.69) is 40.1 Å². The van der Waals surface area contributed by atoms with Crippen molar-refractivity contribution in [3.05, 3.63) is 78.8 Å². The largest absolute Gasteiger partial charge is 0.439 e. The summed E-state index contributed by atoms with van der Waals surface area (Å²) in [5.41, 5.74) is 1.87. The molecule has 0 bridgehead atoms. The first-order chi connectivity index (χ1) is 12.3. The van der Waals surface area contributed by atoms with Gasteiger partial charge in [0.15, 0.2) is 5.82 Å². The van der Waals surface area contributed by atoms with Crippen LogP contribution in [0.15, 0.2) is 73.1 Å². The van der Waals surface area contributed by atoms with Crippen LogP contribution in [-0.2, 0) is 6.42 Å². The molecular formula is C21H17N3O. The summed E-state index contributed by atoms with van der Waals surface area (Å²) in [5.74, 6) is 1.96. The molecule has 0 amide bonds. The number of nitrogens with zero attached hydrogens (tertiary/aromatic N) is 3. The lowest BCUT2D eigenvalue weighted by molar-refractivity contribution is 0.462. The number of aromatic nitrogens is 3. The van der Waals surface area contributed by atoms with Crippen molar-refractivity contribution in [3.63, 3.8) is 0 Å². The molecule has 0 N–H and O–H groups in total. The molecule has 25 heavy (non-hydrogen) atoms. The predicted octanol–water partition coefficient (Wildman–Crippen LogP) is 5.05. The van der Waals surface area contributed by atoms with Gasteiger partial charge in [0, 0.05) is 29.7 Å². The summed E-state index contributed by atoms with van der Waals surface area (Å²) in [6.45, 7) is 2.07. The van der Waals surface area contributed by atoms with Crippen LogP contribution in [0.5, 0.6) is 11.6 Å². The maximum atomic E-state index is 6.02. The molecule has 0 saturated carbocycles. The number of rotatable bonds is 4. The fraction of sp³-hybridized carbons (Fsp3) is 0.0952. The highest BCUT2D eigenvalue weighted by Gasteiger charge is 2.08. The monoisotopic (exact) mass is 327 g/mol. The number of aryl methyl sites for hydroxylation is 1. The molecule has 0 fully saturated rings. The number of ether oxygens (including phenoxy) is 1. The van der Waals surface area contributed by atoms with Crippen molar-refractivity contribution in [1.29, 1.82) is 0 Å². The summed E-state index contributed by atoms with van der Waals surface area (Å²) in [6, 6.07) is 19.9. The van der Waals surface area contributed by atoms with Gasteiger partial charge in [-0.2, -0.15) is 4.98 Å². The van der Waals surface area contributed by atoms with Gasteiger partial charge >= 0.3 is 0 Å².